The molecular formula is C24H32. The van der Waals surface area contributed by atoms with E-state index >= 15 is 0 Å². The van der Waals surface area contributed by atoms with Crippen LogP contribution in [0.25, 0.3) is 11.1 Å². The minimum atomic E-state index is 0.873. The van der Waals surface area contributed by atoms with Crippen molar-refractivity contribution in [2.75, 3.05) is 0 Å². The average Bonchev–Trinajstić information content (AvgIpc) is 2.62. The fourth-order valence-electron chi connectivity index (χ4n) is 4.10. The first-order valence-electron chi connectivity index (χ1n) is 9.90. The summed E-state index contributed by atoms with van der Waals surface area (Å²) < 4.78 is 0. The van der Waals surface area contributed by atoms with E-state index in [-0.39, 0.29) is 0 Å². The van der Waals surface area contributed by atoms with E-state index in [4.69, 9.17) is 0 Å². The molecule has 2 aromatic rings. The van der Waals surface area contributed by atoms with Gasteiger partial charge < -0.3 is 0 Å². The highest BCUT2D eigenvalue weighted by Gasteiger charge is 2.20. The smallest absolute Gasteiger partial charge is 0.0181 e. The van der Waals surface area contributed by atoms with Crippen molar-refractivity contribution >= 4 is 0 Å². The topological polar surface area (TPSA) is 0 Å². The monoisotopic (exact) mass is 320 g/mol. The Hall–Kier alpha value is -1.56. The zero-order chi connectivity index (χ0) is 16.9. The summed E-state index contributed by atoms with van der Waals surface area (Å²) in [6, 6.07) is 16.3. The summed E-state index contributed by atoms with van der Waals surface area (Å²) in [5.41, 5.74) is 7.38. The molecule has 2 atom stereocenters. The summed E-state index contributed by atoms with van der Waals surface area (Å²) in [7, 11) is 0. The summed E-state index contributed by atoms with van der Waals surface area (Å²) >= 11 is 0. The highest BCUT2D eigenvalue weighted by molar-refractivity contribution is 5.65. The Morgan fingerprint density at radius 3 is 2.42 bits per heavy atom. The quantitative estimate of drug-likeness (QED) is 0.546. The van der Waals surface area contributed by atoms with Crippen LogP contribution in [0, 0.1) is 11.8 Å². The molecule has 2 aromatic carbocycles. The Kier molecular flexibility index (Phi) is 5.76. The van der Waals surface area contributed by atoms with E-state index in [1.165, 1.54) is 61.6 Å². The van der Waals surface area contributed by atoms with Gasteiger partial charge in [0.25, 0.3) is 0 Å². The van der Waals surface area contributed by atoms with Gasteiger partial charge in [-0.05, 0) is 71.8 Å². The van der Waals surface area contributed by atoms with E-state index in [9.17, 15) is 0 Å². The van der Waals surface area contributed by atoms with Crippen molar-refractivity contribution in [1.82, 2.24) is 0 Å². The Labute approximate surface area is 148 Å². The molecule has 1 aliphatic carbocycles. The van der Waals surface area contributed by atoms with E-state index < -0.39 is 0 Å². The predicted molar refractivity (Wildman–Crippen MR) is 105 cm³/mol. The third kappa shape index (κ3) is 4.09. The lowest BCUT2D eigenvalue weighted by Crippen LogP contribution is -2.16. The third-order valence-electron chi connectivity index (χ3n) is 5.80. The number of hydrogen-bond acceptors (Lipinski definition) is 0. The van der Waals surface area contributed by atoms with Gasteiger partial charge in [-0.1, -0.05) is 76.1 Å². The van der Waals surface area contributed by atoms with Crippen LogP contribution in [0.2, 0.25) is 0 Å². The minimum Gasteiger partial charge on any atom is -0.0651 e. The molecule has 2 unspecified atom stereocenters. The largest absolute Gasteiger partial charge is 0.0651 e. The van der Waals surface area contributed by atoms with Gasteiger partial charge in [-0.15, -0.1) is 0 Å². The van der Waals surface area contributed by atoms with Crippen molar-refractivity contribution in [3.8, 4) is 11.1 Å². The Morgan fingerprint density at radius 2 is 1.71 bits per heavy atom. The minimum absolute atomic E-state index is 0.873. The van der Waals surface area contributed by atoms with Gasteiger partial charge in [0.2, 0.25) is 0 Å². The number of rotatable bonds is 6. The molecule has 1 aliphatic rings. The number of hydrogen-bond donors (Lipinski definition) is 0. The van der Waals surface area contributed by atoms with Gasteiger partial charge >= 0.3 is 0 Å². The van der Waals surface area contributed by atoms with Crippen LogP contribution >= 0.6 is 0 Å². The second kappa shape index (κ2) is 8.01. The molecular weight excluding hydrogens is 288 g/mol. The average molecular weight is 321 g/mol. The molecule has 0 heterocycles. The summed E-state index contributed by atoms with van der Waals surface area (Å²) in [5, 5.41) is 0. The van der Waals surface area contributed by atoms with Gasteiger partial charge in [-0.3, -0.25) is 0 Å². The molecule has 0 nitrogen and oxygen atoms in total. The van der Waals surface area contributed by atoms with Crippen molar-refractivity contribution < 1.29 is 0 Å². The van der Waals surface area contributed by atoms with Crippen LogP contribution in [-0.4, -0.2) is 0 Å². The molecule has 0 bridgehead atoms. The molecule has 0 aromatic heterocycles. The normalized spacial score (nSPS) is 18.2. The lowest BCUT2D eigenvalue weighted by atomic mass is 9.78. The van der Waals surface area contributed by atoms with Gasteiger partial charge in [0.05, 0.1) is 0 Å². The van der Waals surface area contributed by atoms with Crippen LogP contribution in [0.15, 0.2) is 42.5 Å². The Balaban J connectivity index is 1.73. The SMILES string of the molecule is CCCc1ccc(-c2ccc3c(c2)CCC(CC(C)CC)C3)cc1. The van der Waals surface area contributed by atoms with Crippen molar-refractivity contribution in [3.05, 3.63) is 59.2 Å². The van der Waals surface area contributed by atoms with Crippen LogP contribution in [0.1, 0.15) is 63.1 Å². The Bertz CT molecular complexity index is 650. The molecule has 0 radical (unpaired) electrons. The van der Waals surface area contributed by atoms with Crippen molar-refractivity contribution in [1.29, 1.82) is 0 Å². The molecule has 0 saturated heterocycles. The van der Waals surface area contributed by atoms with E-state index in [0.717, 1.165) is 11.8 Å². The maximum Gasteiger partial charge on any atom is -0.0181 e. The van der Waals surface area contributed by atoms with Crippen LogP contribution in [0.3, 0.4) is 0 Å². The fraction of sp³-hybridized carbons (Fsp3) is 0.500. The number of benzene rings is 2. The summed E-state index contributed by atoms with van der Waals surface area (Å²) in [5.74, 6) is 1.77. The van der Waals surface area contributed by atoms with Gasteiger partial charge in [0, 0.05) is 0 Å². The summed E-state index contributed by atoms with van der Waals surface area (Å²) in [4.78, 5) is 0. The molecule has 0 N–H and O–H groups in total. The molecule has 0 amide bonds. The zero-order valence-electron chi connectivity index (χ0n) is 15.6. The van der Waals surface area contributed by atoms with Gasteiger partial charge in [-0.25, -0.2) is 0 Å². The number of aryl methyl sites for hydroxylation is 2. The molecule has 0 heteroatoms. The summed E-state index contributed by atoms with van der Waals surface area (Å²) in [6.07, 6.45) is 9.04. The molecule has 128 valence electrons. The predicted octanol–water partition coefficient (Wildman–Crippen LogP) is 6.85. The highest BCUT2D eigenvalue weighted by Crippen LogP contribution is 2.33. The lowest BCUT2D eigenvalue weighted by molar-refractivity contribution is 0.349. The molecule has 24 heavy (non-hydrogen) atoms. The van der Waals surface area contributed by atoms with E-state index in [1.807, 2.05) is 0 Å². The molecule has 0 saturated carbocycles. The van der Waals surface area contributed by atoms with Crippen molar-refractivity contribution in [2.24, 2.45) is 11.8 Å². The van der Waals surface area contributed by atoms with Gasteiger partial charge in [0.15, 0.2) is 0 Å². The summed E-state index contributed by atoms with van der Waals surface area (Å²) in [6.45, 7) is 6.96. The third-order valence-corrected chi connectivity index (χ3v) is 5.80. The van der Waals surface area contributed by atoms with Crippen LogP contribution in [0.4, 0.5) is 0 Å². The van der Waals surface area contributed by atoms with Gasteiger partial charge in [0.1, 0.15) is 0 Å². The maximum absolute atomic E-state index is 2.45. The van der Waals surface area contributed by atoms with E-state index in [2.05, 4.69) is 63.2 Å². The molecule has 3 rings (SSSR count). The van der Waals surface area contributed by atoms with Gasteiger partial charge in [-0.2, -0.15) is 0 Å². The lowest BCUT2D eigenvalue weighted by Gasteiger charge is -2.27. The van der Waals surface area contributed by atoms with Crippen LogP contribution in [-0.2, 0) is 19.3 Å². The standard InChI is InChI=1S/C24H32/c1-4-6-19-7-10-21(11-8-19)23-14-13-22-16-20(15-18(3)5-2)9-12-24(22)17-23/h7-8,10-11,13-14,17-18,20H,4-6,9,12,15-16H2,1-3H3. The molecule has 0 spiro atoms. The molecule has 0 aliphatic heterocycles. The Morgan fingerprint density at radius 1 is 0.958 bits per heavy atom. The first-order chi connectivity index (χ1) is 11.7. The van der Waals surface area contributed by atoms with Crippen molar-refractivity contribution in [3.63, 3.8) is 0 Å². The second-order valence-corrected chi connectivity index (χ2v) is 7.79. The second-order valence-electron chi connectivity index (χ2n) is 7.79. The molecule has 0 fully saturated rings. The highest BCUT2D eigenvalue weighted by atomic mass is 14.3. The van der Waals surface area contributed by atoms with E-state index in [0.29, 0.717) is 0 Å². The van der Waals surface area contributed by atoms with Crippen LogP contribution in [0.5, 0.6) is 0 Å². The van der Waals surface area contributed by atoms with Crippen molar-refractivity contribution in [2.45, 2.75) is 65.7 Å². The maximum atomic E-state index is 2.45. The first-order valence-corrected chi connectivity index (χ1v) is 9.90. The zero-order valence-corrected chi connectivity index (χ0v) is 15.6. The van der Waals surface area contributed by atoms with E-state index in [1.54, 1.807) is 11.1 Å². The van der Waals surface area contributed by atoms with Crippen LogP contribution < -0.4 is 0 Å². The first kappa shape index (κ1) is 17.3. The fourth-order valence-corrected chi connectivity index (χ4v) is 4.10. The number of fused-ring (bicyclic) bond motifs is 1.